The number of pyridine rings is 1. The summed E-state index contributed by atoms with van der Waals surface area (Å²) < 4.78 is 15.3. The first-order valence-electron chi connectivity index (χ1n) is 8.63. The van der Waals surface area contributed by atoms with Crippen molar-refractivity contribution in [1.29, 1.82) is 0 Å². The molecule has 0 bridgehead atoms. The molecular weight excluding hydrogens is 361 g/mol. The standard InChI is InChI=1S/C22H17ClFN3/c1-15(16-2-6-19(23)7-3-16)27-14-21(17-10-12-25-13-11-17)22(26-27)18-4-8-20(24)9-5-18/h2-15H,1H3. The lowest BCUT2D eigenvalue weighted by Gasteiger charge is -2.12. The number of benzene rings is 2. The lowest BCUT2D eigenvalue weighted by Crippen LogP contribution is -2.07. The van der Waals surface area contributed by atoms with Gasteiger partial charge in [-0.2, -0.15) is 5.10 Å². The molecular formula is C22H17ClFN3. The highest BCUT2D eigenvalue weighted by Gasteiger charge is 2.17. The highest BCUT2D eigenvalue weighted by Crippen LogP contribution is 2.33. The summed E-state index contributed by atoms with van der Waals surface area (Å²) in [6.45, 7) is 2.08. The molecule has 1 unspecified atom stereocenters. The molecule has 0 aliphatic rings. The molecule has 0 spiro atoms. The molecule has 0 N–H and O–H groups in total. The van der Waals surface area contributed by atoms with Gasteiger partial charge in [0, 0.05) is 34.7 Å². The minimum atomic E-state index is -0.266. The fraction of sp³-hybridized carbons (Fsp3) is 0.0909. The molecule has 3 nitrogen and oxygen atoms in total. The van der Waals surface area contributed by atoms with Crippen LogP contribution in [0.4, 0.5) is 4.39 Å². The van der Waals surface area contributed by atoms with Crippen LogP contribution < -0.4 is 0 Å². The Kier molecular flexibility index (Phi) is 4.73. The van der Waals surface area contributed by atoms with Crippen LogP contribution in [0.15, 0.2) is 79.3 Å². The van der Waals surface area contributed by atoms with E-state index in [2.05, 4.69) is 11.9 Å². The first kappa shape index (κ1) is 17.4. The third-order valence-corrected chi connectivity index (χ3v) is 4.84. The van der Waals surface area contributed by atoms with E-state index in [9.17, 15) is 4.39 Å². The highest BCUT2D eigenvalue weighted by molar-refractivity contribution is 6.30. The number of halogens is 2. The van der Waals surface area contributed by atoms with E-state index in [1.165, 1.54) is 12.1 Å². The van der Waals surface area contributed by atoms with E-state index in [1.807, 2.05) is 47.3 Å². The largest absolute Gasteiger partial charge is 0.265 e. The molecule has 27 heavy (non-hydrogen) atoms. The zero-order chi connectivity index (χ0) is 18.8. The zero-order valence-electron chi connectivity index (χ0n) is 14.7. The molecule has 0 radical (unpaired) electrons. The first-order valence-corrected chi connectivity index (χ1v) is 9.00. The van der Waals surface area contributed by atoms with Crippen molar-refractivity contribution in [1.82, 2.24) is 14.8 Å². The summed E-state index contributed by atoms with van der Waals surface area (Å²) in [4.78, 5) is 4.09. The van der Waals surface area contributed by atoms with Crippen molar-refractivity contribution >= 4 is 11.6 Å². The van der Waals surface area contributed by atoms with Crippen LogP contribution in [0.1, 0.15) is 18.5 Å². The van der Waals surface area contributed by atoms with Crippen LogP contribution in [0.3, 0.4) is 0 Å². The van der Waals surface area contributed by atoms with E-state index in [-0.39, 0.29) is 11.9 Å². The van der Waals surface area contributed by atoms with Gasteiger partial charge in [0.2, 0.25) is 0 Å². The fourth-order valence-corrected chi connectivity index (χ4v) is 3.17. The van der Waals surface area contributed by atoms with Crippen molar-refractivity contribution in [3.8, 4) is 22.4 Å². The summed E-state index contributed by atoms with van der Waals surface area (Å²) >= 11 is 6.01. The molecule has 0 aliphatic heterocycles. The Bertz CT molecular complexity index is 1040. The highest BCUT2D eigenvalue weighted by atomic mass is 35.5. The van der Waals surface area contributed by atoms with Crippen LogP contribution >= 0.6 is 11.6 Å². The molecule has 2 aromatic carbocycles. The Hall–Kier alpha value is -2.98. The van der Waals surface area contributed by atoms with Crippen molar-refractivity contribution in [2.24, 2.45) is 0 Å². The fourth-order valence-electron chi connectivity index (χ4n) is 3.05. The summed E-state index contributed by atoms with van der Waals surface area (Å²) in [5.74, 6) is -0.266. The molecule has 0 amide bonds. The second-order valence-electron chi connectivity index (χ2n) is 6.34. The van der Waals surface area contributed by atoms with Gasteiger partial charge in [0.15, 0.2) is 0 Å². The van der Waals surface area contributed by atoms with E-state index < -0.39 is 0 Å². The second-order valence-corrected chi connectivity index (χ2v) is 6.78. The second kappa shape index (κ2) is 7.33. The van der Waals surface area contributed by atoms with Gasteiger partial charge in [-0.25, -0.2) is 4.39 Å². The number of hydrogen-bond acceptors (Lipinski definition) is 2. The zero-order valence-corrected chi connectivity index (χ0v) is 15.4. The maximum absolute atomic E-state index is 13.4. The van der Waals surface area contributed by atoms with Gasteiger partial charge in [0.05, 0.1) is 6.04 Å². The average Bonchev–Trinajstić information content (AvgIpc) is 3.15. The Balaban J connectivity index is 1.82. The van der Waals surface area contributed by atoms with Crippen molar-refractivity contribution in [3.63, 3.8) is 0 Å². The summed E-state index contributed by atoms with van der Waals surface area (Å²) in [6, 6.07) is 18.1. The normalized spacial score (nSPS) is 12.1. The van der Waals surface area contributed by atoms with Gasteiger partial charge in [-0.15, -0.1) is 0 Å². The Morgan fingerprint density at radius 1 is 0.889 bits per heavy atom. The van der Waals surface area contributed by atoms with Gasteiger partial charge in [-0.1, -0.05) is 23.7 Å². The molecule has 4 rings (SSSR count). The van der Waals surface area contributed by atoms with Crippen molar-refractivity contribution < 1.29 is 4.39 Å². The van der Waals surface area contributed by atoms with E-state index in [0.717, 1.165) is 27.9 Å². The molecule has 0 aliphatic carbocycles. The monoisotopic (exact) mass is 377 g/mol. The van der Waals surface area contributed by atoms with Crippen LogP contribution in [0.2, 0.25) is 5.02 Å². The summed E-state index contributed by atoms with van der Waals surface area (Å²) in [5.41, 5.74) is 4.77. The number of aromatic nitrogens is 3. The maximum Gasteiger partial charge on any atom is 0.123 e. The van der Waals surface area contributed by atoms with E-state index in [0.29, 0.717) is 5.02 Å². The summed E-state index contributed by atoms with van der Waals surface area (Å²) in [7, 11) is 0. The maximum atomic E-state index is 13.4. The quantitative estimate of drug-likeness (QED) is 0.435. The number of nitrogens with zero attached hydrogens (tertiary/aromatic N) is 3. The van der Waals surface area contributed by atoms with Crippen LogP contribution in [0, 0.1) is 5.82 Å². The topological polar surface area (TPSA) is 30.7 Å². The molecule has 0 saturated heterocycles. The molecule has 2 heterocycles. The van der Waals surface area contributed by atoms with Crippen molar-refractivity contribution in [3.05, 3.63) is 95.7 Å². The Morgan fingerprint density at radius 3 is 2.22 bits per heavy atom. The van der Waals surface area contributed by atoms with Crippen LogP contribution in [-0.4, -0.2) is 14.8 Å². The molecule has 4 aromatic rings. The average molecular weight is 378 g/mol. The first-order chi connectivity index (χ1) is 13.1. The lowest BCUT2D eigenvalue weighted by molar-refractivity contribution is 0.566. The van der Waals surface area contributed by atoms with Gasteiger partial charge >= 0.3 is 0 Å². The number of hydrogen-bond donors (Lipinski definition) is 0. The lowest BCUT2D eigenvalue weighted by atomic mass is 10.0. The van der Waals surface area contributed by atoms with E-state index in [1.54, 1.807) is 24.5 Å². The molecule has 0 saturated carbocycles. The van der Waals surface area contributed by atoms with Gasteiger partial charge in [-0.05, 0) is 66.6 Å². The smallest absolute Gasteiger partial charge is 0.123 e. The SMILES string of the molecule is CC(c1ccc(Cl)cc1)n1cc(-c2ccncc2)c(-c2ccc(F)cc2)n1. The Labute approximate surface area is 162 Å². The van der Waals surface area contributed by atoms with E-state index >= 15 is 0 Å². The van der Waals surface area contributed by atoms with E-state index in [4.69, 9.17) is 16.7 Å². The van der Waals surface area contributed by atoms with Crippen molar-refractivity contribution in [2.45, 2.75) is 13.0 Å². The Morgan fingerprint density at radius 2 is 1.56 bits per heavy atom. The molecule has 2 aromatic heterocycles. The van der Waals surface area contributed by atoms with Crippen LogP contribution in [0.5, 0.6) is 0 Å². The molecule has 1 atom stereocenters. The van der Waals surface area contributed by atoms with Gasteiger partial charge in [0.1, 0.15) is 11.5 Å². The molecule has 5 heteroatoms. The van der Waals surface area contributed by atoms with Gasteiger partial charge in [0.25, 0.3) is 0 Å². The van der Waals surface area contributed by atoms with Crippen LogP contribution in [-0.2, 0) is 0 Å². The van der Waals surface area contributed by atoms with Crippen LogP contribution in [0.25, 0.3) is 22.4 Å². The number of rotatable bonds is 4. The molecule has 0 fully saturated rings. The minimum absolute atomic E-state index is 0.0250. The third kappa shape index (κ3) is 3.62. The van der Waals surface area contributed by atoms with Crippen molar-refractivity contribution in [2.75, 3.05) is 0 Å². The van der Waals surface area contributed by atoms with Gasteiger partial charge < -0.3 is 0 Å². The summed E-state index contributed by atoms with van der Waals surface area (Å²) in [5, 5.41) is 5.53. The third-order valence-electron chi connectivity index (χ3n) is 4.59. The predicted molar refractivity (Wildman–Crippen MR) is 106 cm³/mol. The van der Waals surface area contributed by atoms with Gasteiger partial charge in [-0.3, -0.25) is 9.67 Å². The molecule has 134 valence electrons. The predicted octanol–water partition coefficient (Wildman–Crippen LogP) is 6.01. The minimum Gasteiger partial charge on any atom is -0.265 e. The summed E-state index contributed by atoms with van der Waals surface area (Å²) in [6.07, 6.45) is 5.53.